The van der Waals surface area contributed by atoms with E-state index in [0.29, 0.717) is 4.47 Å². The molecule has 0 N–H and O–H groups in total. The molecule has 0 atom stereocenters. The van der Waals surface area contributed by atoms with Crippen LogP contribution in [0.2, 0.25) is 0 Å². The zero-order valence-corrected chi connectivity index (χ0v) is 16.6. The maximum atomic E-state index is 12.4. The van der Waals surface area contributed by atoms with Crippen LogP contribution in [0.4, 0.5) is 5.69 Å². The van der Waals surface area contributed by atoms with Gasteiger partial charge in [-0.15, -0.1) is 0 Å². The molecule has 0 fully saturated rings. The molecule has 1 aromatic rings. The van der Waals surface area contributed by atoms with E-state index in [-0.39, 0.29) is 21.9 Å². The Morgan fingerprint density at radius 1 is 1.08 bits per heavy atom. The van der Waals surface area contributed by atoms with Crippen molar-refractivity contribution in [2.45, 2.75) is 4.90 Å². The molecule has 0 bridgehead atoms. The maximum absolute atomic E-state index is 12.4. The molecule has 1 heterocycles. The fraction of sp³-hybridized carbons (Fsp3) is 0.176. The van der Waals surface area contributed by atoms with Crippen LogP contribution >= 0.6 is 15.9 Å². The van der Waals surface area contributed by atoms with Crippen molar-refractivity contribution in [2.24, 2.45) is 0 Å². The number of sulfone groups is 1. The molecule has 0 aromatic heterocycles. The zero-order valence-electron chi connectivity index (χ0n) is 14.2. The van der Waals surface area contributed by atoms with E-state index in [4.69, 9.17) is 9.47 Å². The molecule has 2 rings (SSSR count). The summed E-state index contributed by atoms with van der Waals surface area (Å²) in [6.45, 7) is 0. The summed E-state index contributed by atoms with van der Waals surface area (Å²) in [6, 6.07) is 4.57. The molecule has 9 heteroatoms. The second kappa shape index (κ2) is 7.88. The normalized spacial score (nSPS) is 14.2. The molecule has 1 aliphatic rings. The lowest BCUT2D eigenvalue weighted by molar-refractivity contribution is -0.139. The summed E-state index contributed by atoms with van der Waals surface area (Å²) in [5.74, 6) is -1.57. The Bertz CT molecular complexity index is 946. The summed E-state index contributed by atoms with van der Waals surface area (Å²) in [4.78, 5) is 25.8. The van der Waals surface area contributed by atoms with Gasteiger partial charge in [-0.25, -0.2) is 18.0 Å². The molecule has 0 radical (unpaired) electrons. The van der Waals surface area contributed by atoms with Gasteiger partial charge in [0.25, 0.3) is 0 Å². The van der Waals surface area contributed by atoms with Crippen LogP contribution in [0, 0.1) is 0 Å². The molecule has 1 aromatic carbocycles. The van der Waals surface area contributed by atoms with Gasteiger partial charge in [0.1, 0.15) is 5.70 Å². The largest absolute Gasteiger partial charge is 0.465 e. The number of hydrogen-bond donors (Lipinski definition) is 0. The number of hydrogen-bond acceptors (Lipinski definition) is 7. The topological polar surface area (TPSA) is 90.0 Å². The Balaban J connectivity index is 2.83. The average Bonchev–Trinajstić information content (AvgIpc) is 2.82. The van der Waals surface area contributed by atoms with Gasteiger partial charge in [-0.1, -0.05) is 22.0 Å². The van der Waals surface area contributed by atoms with E-state index in [1.165, 1.54) is 49.6 Å². The Morgan fingerprint density at radius 2 is 1.73 bits per heavy atom. The maximum Gasteiger partial charge on any atom is 0.355 e. The van der Waals surface area contributed by atoms with E-state index < -0.39 is 21.8 Å². The lowest BCUT2D eigenvalue weighted by atomic mass is 10.1. The van der Waals surface area contributed by atoms with Gasteiger partial charge in [-0.05, 0) is 30.4 Å². The highest BCUT2D eigenvalue weighted by atomic mass is 79.9. The minimum absolute atomic E-state index is 0.0240. The van der Waals surface area contributed by atoms with Crippen molar-refractivity contribution in [2.75, 3.05) is 25.4 Å². The molecule has 0 saturated carbocycles. The summed E-state index contributed by atoms with van der Waals surface area (Å²) in [6.07, 6.45) is 7.02. The van der Waals surface area contributed by atoms with Gasteiger partial charge in [0, 0.05) is 16.9 Å². The standard InChI is InChI=1S/C17H16BrNO6S/c1-24-16(20)12-6-4-5-9-19(15(12)17(21)25-2)13-8-7-11(18)10-14(13)26(3,22)23/h4-10H,1-3H3. The first-order valence-corrected chi connectivity index (χ1v) is 9.93. The second-order valence-electron chi connectivity index (χ2n) is 5.20. The number of esters is 2. The summed E-state index contributed by atoms with van der Waals surface area (Å²) in [5.41, 5.74) is -0.0271. The summed E-state index contributed by atoms with van der Waals surface area (Å²) >= 11 is 3.24. The summed E-state index contributed by atoms with van der Waals surface area (Å²) in [5, 5.41) is 0. The van der Waals surface area contributed by atoms with Crippen molar-refractivity contribution in [1.82, 2.24) is 0 Å². The Labute approximate surface area is 159 Å². The first-order valence-electron chi connectivity index (χ1n) is 7.25. The third kappa shape index (κ3) is 4.05. The van der Waals surface area contributed by atoms with Crippen LogP contribution in [-0.2, 0) is 28.9 Å². The number of ether oxygens (including phenoxy) is 2. The lowest BCUT2D eigenvalue weighted by Crippen LogP contribution is -2.28. The number of methoxy groups -OCH3 is 2. The molecule has 138 valence electrons. The van der Waals surface area contributed by atoms with Crippen molar-refractivity contribution in [1.29, 1.82) is 0 Å². The molecule has 0 saturated heterocycles. The number of carbonyl (C=O) groups excluding carboxylic acids is 2. The SMILES string of the molecule is COC(=O)C1=C(C(=O)OC)N(c2ccc(Br)cc2S(C)(=O)=O)C=CC=C1. The summed E-state index contributed by atoms with van der Waals surface area (Å²) in [7, 11) is -1.28. The predicted molar refractivity (Wildman–Crippen MR) is 99.1 cm³/mol. The third-order valence-electron chi connectivity index (χ3n) is 3.47. The van der Waals surface area contributed by atoms with Crippen LogP contribution in [0.25, 0.3) is 0 Å². The lowest BCUT2D eigenvalue weighted by Gasteiger charge is -2.25. The van der Waals surface area contributed by atoms with Gasteiger partial charge in [-0.3, -0.25) is 0 Å². The first kappa shape index (κ1) is 19.9. The molecule has 26 heavy (non-hydrogen) atoms. The van der Waals surface area contributed by atoms with Gasteiger partial charge in [0.05, 0.1) is 30.4 Å². The Hall–Kier alpha value is -2.39. The predicted octanol–water partition coefficient (Wildman–Crippen LogP) is 2.34. The number of allylic oxidation sites excluding steroid dienone is 2. The number of rotatable bonds is 4. The zero-order chi connectivity index (χ0) is 19.5. The molecule has 0 amide bonds. The quantitative estimate of drug-likeness (QED) is 0.662. The van der Waals surface area contributed by atoms with E-state index in [1.807, 2.05) is 0 Å². The molecule has 0 aliphatic carbocycles. The number of nitrogens with zero attached hydrogens (tertiary/aromatic N) is 1. The first-order chi connectivity index (χ1) is 12.2. The third-order valence-corrected chi connectivity index (χ3v) is 5.09. The van der Waals surface area contributed by atoms with Crippen molar-refractivity contribution < 1.29 is 27.5 Å². The Morgan fingerprint density at radius 3 is 2.31 bits per heavy atom. The monoisotopic (exact) mass is 441 g/mol. The fourth-order valence-electron chi connectivity index (χ4n) is 2.34. The van der Waals surface area contributed by atoms with Gasteiger partial charge < -0.3 is 14.4 Å². The molecule has 7 nitrogen and oxygen atoms in total. The van der Waals surface area contributed by atoms with Crippen molar-refractivity contribution >= 4 is 43.4 Å². The van der Waals surface area contributed by atoms with Gasteiger partial charge in [0.2, 0.25) is 0 Å². The highest BCUT2D eigenvalue weighted by Gasteiger charge is 2.30. The fourth-order valence-corrected chi connectivity index (χ4v) is 3.74. The smallest absolute Gasteiger partial charge is 0.355 e. The second-order valence-corrected chi connectivity index (χ2v) is 8.10. The van der Waals surface area contributed by atoms with E-state index in [2.05, 4.69) is 15.9 Å². The molecule has 1 aliphatic heterocycles. The highest BCUT2D eigenvalue weighted by molar-refractivity contribution is 9.10. The summed E-state index contributed by atoms with van der Waals surface area (Å²) < 4.78 is 34.6. The molecule has 0 unspecified atom stereocenters. The number of halogens is 1. The molecular formula is C17H16BrNO6S. The molecule has 0 spiro atoms. The number of carbonyl (C=O) groups is 2. The van der Waals surface area contributed by atoms with E-state index in [9.17, 15) is 18.0 Å². The van der Waals surface area contributed by atoms with Crippen molar-refractivity contribution in [3.63, 3.8) is 0 Å². The van der Waals surface area contributed by atoms with Crippen LogP contribution < -0.4 is 4.90 Å². The minimum Gasteiger partial charge on any atom is -0.465 e. The van der Waals surface area contributed by atoms with Crippen LogP contribution in [0.5, 0.6) is 0 Å². The van der Waals surface area contributed by atoms with Gasteiger partial charge in [-0.2, -0.15) is 0 Å². The molecular weight excluding hydrogens is 426 g/mol. The van der Waals surface area contributed by atoms with Crippen LogP contribution in [-0.4, -0.2) is 40.8 Å². The van der Waals surface area contributed by atoms with Crippen LogP contribution in [0.1, 0.15) is 0 Å². The minimum atomic E-state index is -3.63. The van der Waals surface area contributed by atoms with Crippen molar-refractivity contribution in [3.8, 4) is 0 Å². The van der Waals surface area contributed by atoms with Crippen LogP contribution in [0.3, 0.4) is 0 Å². The number of anilines is 1. The van der Waals surface area contributed by atoms with Crippen molar-refractivity contribution in [3.05, 3.63) is 58.4 Å². The van der Waals surface area contributed by atoms with Gasteiger partial charge >= 0.3 is 11.9 Å². The highest BCUT2D eigenvalue weighted by Crippen LogP contribution is 2.33. The van der Waals surface area contributed by atoms with Gasteiger partial charge in [0.15, 0.2) is 9.84 Å². The van der Waals surface area contributed by atoms with Crippen LogP contribution in [0.15, 0.2) is 63.3 Å². The number of benzene rings is 1. The van der Waals surface area contributed by atoms with E-state index in [0.717, 1.165) is 6.26 Å². The van der Waals surface area contributed by atoms with E-state index >= 15 is 0 Å². The average molecular weight is 442 g/mol. The van der Waals surface area contributed by atoms with E-state index in [1.54, 1.807) is 12.1 Å². The Kier molecular flexibility index (Phi) is 6.04.